The maximum absolute atomic E-state index is 12.5. The van der Waals surface area contributed by atoms with Crippen molar-refractivity contribution in [3.8, 4) is 6.07 Å². The summed E-state index contributed by atoms with van der Waals surface area (Å²) in [7, 11) is 0. The van der Waals surface area contributed by atoms with E-state index in [0.717, 1.165) is 25.7 Å². The second-order valence-corrected chi connectivity index (χ2v) is 6.21. The van der Waals surface area contributed by atoms with Gasteiger partial charge in [-0.15, -0.1) is 0 Å². The van der Waals surface area contributed by atoms with Gasteiger partial charge in [-0.1, -0.05) is 12.8 Å². The van der Waals surface area contributed by atoms with Crippen molar-refractivity contribution in [2.45, 2.75) is 45.1 Å². The third-order valence-electron chi connectivity index (χ3n) is 4.70. The summed E-state index contributed by atoms with van der Waals surface area (Å²) in [4.78, 5) is 18.5. The van der Waals surface area contributed by atoms with Crippen LogP contribution in [0.25, 0.3) is 0 Å². The van der Waals surface area contributed by atoms with Crippen molar-refractivity contribution in [1.82, 2.24) is 9.88 Å². The molecule has 6 heteroatoms. The predicted octanol–water partition coefficient (Wildman–Crippen LogP) is 2.15. The van der Waals surface area contributed by atoms with Crippen molar-refractivity contribution in [3.05, 3.63) is 23.9 Å². The zero-order valence-corrected chi connectivity index (χ0v) is 14.2. The predicted molar refractivity (Wildman–Crippen MR) is 92.3 cm³/mol. The number of carbonyl (C=O) groups is 1. The van der Waals surface area contributed by atoms with E-state index in [9.17, 15) is 10.1 Å². The Kier molecular flexibility index (Phi) is 7.01. The summed E-state index contributed by atoms with van der Waals surface area (Å²) < 4.78 is 0. The SMILES string of the molecule is CCN(CCO)C(=O)C[C@@H]1CCCC[C@@H]1Nc1ncccc1C#N. The summed E-state index contributed by atoms with van der Waals surface area (Å²) in [6.07, 6.45) is 6.35. The van der Waals surface area contributed by atoms with Crippen LogP contribution in [0.3, 0.4) is 0 Å². The summed E-state index contributed by atoms with van der Waals surface area (Å²) in [5, 5.41) is 21.7. The zero-order chi connectivity index (χ0) is 17.4. The second-order valence-electron chi connectivity index (χ2n) is 6.21. The third kappa shape index (κ3) is 4.68. The van der Waals surface area contributed by atoms with Gasteiger partial charge < -0.3 is 15.3 Å². The smallest absolute Gasteiger partial charge is 0.222 e. The highest BCUT2D eigenvalue weighted by atomic mass is 16.3. The normalized spacial score (nSPS) is 20.2. The molecule has 1 amide bonds. The van der Waals surface area contributed by atoms with Crippen LogP contribution >= 0.6 is 0 Å². The lowest BCUT2D eigenvalue weighted by atomic mass is 9.82. The molecule has 2 N–H and O–H groups in total. The highest BCUT2D eigenvalue weighted by Gasteiger charge is 2.29. The van der Waals surface area contributed by atoms with Crippen LogP contribution in [0.2, 0.25) is 0 Å². The molecule has 1 aliphatic rings. The van der Waals surface area contributed by atoms with E-state index in [1.807, 2.05) is 6.92 Å². The van der Waals surface area contributed by atoms with Crippen LogP contribution in [0.5, 0.6) is 0 Å². The van der Waals surface area contributed by atoms with Gasteiger partial charge in [0.25, 0.3) is 0 Å². The van der Waals surface area contributed by atoms with Gasteiger partial charge in [-0.2, -0.15) is 5.26 Å². The van der Waals surface area contributed by atoms with Crippen LogP contribution in [0.4, 0.5) is 5.82 Å². The number of aliphatic hydroxyl groups excluding tert-OH is 1. The highest BCUT2D eigenvalue weighted by molar-refractivity contribution is 5.76. The van der Waals surface area contributed by atoms with E-state index >= 15 is 0 Å². The molecule has 1 fully saturated rings. The first-order chi connectivity index (χ1) is 11.7. The minimum atomic E-state index is -0.00854. The van der Waals surface area contributed by atoms with Gasteiger partial charge in [0.2, 0.25) is 5.91 Å². The Hall–Kier alpha value is -2.13. The Morgan fingerprint density at radius 2 is 2.29 bits per heavy atom. The van der Waals surface area contributed by atoms with Crippen LogP contribution in [0.15, 0.2) is 18.3 Å². The van der Waals surface area contributed by atoms with E-state index in [2.05, 4.69) is 16.4 Å². The average Bonchev–Trinajstić information content (AvgIpc) is 2.61. The van der Waals surface area contributed by atoms with Gasteiger partial charge >= 0.3 is 0 Å². The van der Waals surface area contributed by atoms with Crippen molar-refractivity contribution in [1.29, 1.82) is 5.26 Å². The number of anilines is 1. The molecule has 0 spiro atoms. The van der Waals surface area contributed by atoms with E-state index < -0.39 is 0 Å². The molecule has 0 aromatic carbocycles. The minimum Gasteiger partial charge on any atom is -0.395 e. The van der Waals surface area contributed by atoms with E-state index in [0.29, 0.717) is 30.9 Å². The first kappa shape index (κ1) is 18.2. The lowest BCUT2D eigenvalue weighted by Gasteiger charge is -2.33. The van der Waals surface area contributed by atoms with Crippen molar-refractivity contribution >= 4 is 11.7 Å². The van der Waals surface area contributed by atoms with Gasteiger partial charge in [-0.3, -0.25) is 4.79 Å². The molecule has 0 aliphatic heterocycles. The second kappa shape index (κ2) is 9.24. The summed E-state index contributed by atoms with van der Waals surface area (Å²) >= 11 is 0. The Morgan fingerprint density at radius 3 is 3.00 bits per heavy atom. The van der Waals surface area contributed by atoms with E-state index in [-0.39, 0.29) is 24.5 Å². The van der Waals surface area contributed by atoms with Gasteiger partial charge in [0, 0.05) is 31.7 Å². The lowest BCUT2D eigenvalue weighted by Crippen LogP contribution is -2.39. The molecule has 130 valence electrons. The summed E-state index contributed by atoms with van der Waals surface area (Å²) in [6, 6.07) is 5.81. The molecule has 2 atom stereocenters. The number of aromatic nitrogens is 1. The van der Waals surface area contributed by atoms with Gasteiger partial charge in [-0.05, 0) is 37.8 Å². The van der Waals surface area contributed by atoms with Gasteiger partial charge in [0.05, 0.1) is 12.2 Å². The molecule has 0 unspecified atom stereocenters. The molecule has 24 heavy (non-hydrogen) atoms. The maximum Gasteiger partial charge on any atom is 0.222 e. The summed E-state index contributed by atoms with van der Waals surface area (Å²) in [6.45, 7) is 2.92. The lowest BCUT2D eigenvalue weighted by molar-refractivity contribution is -0.132. The molecular formula is C18H26N4O2. The molecule has 0 bridgehead atoms. The molecule has 1 heterocycles. The molecule has 1 aromatic heterocycles. The first-order valence-corrected chi connectivity index (χ1v) is 8.69. The number of likely N-dealkylation sites (N-methyl/N-ethyl adjacent to an activating group) is 1. The topological polar surface area (TPSA) is 89.2 Å². The molecular weight excluding hydrogens is 304 g/mol. The molecule has 1 saturated carbocycles. The van der Waals surface area contributed by atoms with Crippen molar-refractivity contribution in [3.63, 3.8) is 0 Å². The number of nitrogens with one attached hydrogen (secondary N) is 1. The Morgan fingerprint density at radius 1 is 1.50 bits per heavy atom. The number of amides is 1. The van der Waals surface area contributed by atoms with Crippen molar-refractivity contribution in [2.24, 2.45) is 5.92 Å². The molecule has 1 aliphatic carbocycles. The van der Waals surface area contributed by atoms with Crippen LogP contribution in [0, 0.1) is 17.2 Å². The van der Waals surface area contributed by atoms with E-state index in [1.165, 1.54) is 0 Å². The highest BCUT2D eigenvalue weighted by Crippen LogP contribution is 2.30. The zero-order valence-electron chi connectivity index (χ0n) is 14.2. The monoisotopic (exact) mass is 330 g/mol. The van der Waals surface area contributed by atoms with Crippen LogP contribution in [-0.4, -0.2) is 46.6 Å². The number of nitriles is 1. The Balaban J connectivity index is 2.05. The number of hydrogen-bond donors (Lipinski definition) is 2. The van der Waals surface area contributed by atoms with Gasteiger partial charge in [-0.25, -0.2) is 4.98 Å². The molecule has 1 aromatic rings. The van der Waals surface area contributed by atoms with Crippen LogP contribution in [-0.2, 0) is 4.79 Å². The first-order valence-electron chi connectivity index (χ1n) is 8.69. The number of aliphatic hydroxyl groups is 1. The average molecular weight is 330 g/mol. The fraction of sp³-hybridized carbons (Fsp3) is 0.611. The van der Waals surface area contributed by atoms with Crippen molar-refractivity contribution in [2.75, 3.05) is 25.0 Å². The largest absolute Gasteiger partial charge is 0.395 e. The summed E-state index contributed by atoms with van der Waals surface area (Å²) in [5.74, 6) is 0.923. The van der Waals surface area contributed by atoms with Gasteiger partial charge in [0.1, 0.15) is 11.9 Å². The maximum atomic E-state index is 12.5. The number of hydrogen-bond acceptors (Lipinski definition) is 5. The van der Waals surface area contributed by atoms with Crippen molar-refractivity contribution < 1.29 is 9.90 Å². The number of rotatable bonds is 7. The van der Waals surface area contributed by atoms with Crippen LogP contribution in [0.1, 0.15) is 44.6 Å². The Bertz CT molecular complexity index is 585. The number of nitrogens with zero attached hydrogens (tertiary/aromatic N) is 3. The minimum absolute atomic E-state index is 0.00854. The Labute approximate surface area is 143 Å². The number of carbonyl (C=O) groups excluding carboxylic acids is 1. The van der Waals surface area contributed by atoms with E-state index in [1.54, 1.807) is 23.2 Å². The third-order valence-corrected chi connectivity index (χ3v) is 4.70. The fourth-order valence-corrected chi connectivity index (χ4v) is 3.36. The quantitative estimate of drug-likeness (QED) is 0.799. The molecule has 6 nitrogen and oxygen atoms in total. The standard InChI is InChI=1S/C18H26N4O2/c1-2-22(10-11-23)17(24)12-14-6-3-4-8-16(14)21-18-15(13-19)7-5-9-20-18/h5,7,9,14,16,23H,2-4,6,8,10-12H2,1H3,(H,20,21)/t14-,16-/m0/s1. The number of pyridine rings is 1. The molecule has 2 rings (SSSR count). The molecule has 0 saturated heterocycles. The summed E-state index contributed by atoms with van der Waals surface area (Å²) in [5.41, 5.74) is 0.531. The fourth-order valence-electron chi connectivity index (χ4n) is 3.36. The van der Waals surface area contributed by atoms with Gasteiger partial charge in [0.15, 0.2) is 0 Å². The molecule has 0 radical (unpaired) electrons. The van der Waals surface area contributed by atoms with E-state index in [4.69, 9.17) is 5.11 Å². The van der Waals surface area contributed by atoms with Crippen LogP contribution < -0.4 is 5.32 Å².